The first-order valence-corrected chi connectivity index (χ1v) is 5.73. The van der Waals surface area contributed by atoms with Crippen molar-refractivity contribution in [3.8, 4) is 0 Å². The Kier molecular flexibility index (Phi) is 2.80. The molecule has 1 saturated heterocycles. The molecule has 0 unspecified atom stereocenters. The van der Waals surface area contributed by atoms with Crippen LogP contribution in [0.5, 0.6) is 0 Å². The lowest BCUT2D eigenvalue weighted by Crippen LogP contribution is -2.47. The van der Waals surface area contributed by atoms with Crippen LogP contribution in [0.2, 0.25) is 0 Å². The van der Waals surface area contributed by atoms with Gasteiger partial charge >= 0.3 is 5.97 Å². The molecule has 2 aliphatic rings. The third-order valence-electron chi connectivity index (χ3n) is 3.00. The second kappa shape index (κ2) is 4.44. The molecule has 1 aromatic rings. The van der Waals surface area contributed by atoms with Crippen molar-refractivity contribution in [3.63, 3.8) is 0 Å². The van der Waals surface area contributed by atoms with Crippen molar-refractivity contribution in [1.82, 2.24) is 10.4 Å². The summed E-state index contributed by atoms with van der Waals surface area (Å²) in [6, 6.07) is 7.46. The number of hydrazine groups is 1. The number of fused-ring (bicyclic) bond motifs is 1. The average molecular weight is 234 g/mol. The Morgan fingerprint density at radius 1 is 1.24 bits per heavy atom. The van der Waals surface area contributed by atoms with E-state index in [9.17, 15) is 4.79 Å². The summed E-state index contributed by atoms with van der Waals surface area (Å²) >= 11 is 0. The number of nitrogens with zero attached hydrogens (tertiary/aromatic N) is 1. The Hall–Kier alpha value is -1.43. The number of carbonyl (C=O) groups is 1. The van der Waals surface area contributed by atoms with Crippen LogP contribution >= 0.6 is 0 Å². The number of ether oxygens (including phenoxy) is 2. The van der Waals surface area contributed by atoms with Gasteiger partial charge in [-0.05, 0) is 6.07 Å². The summed E-state index contributed by atoms with van der Waals surface area (Å²) < 4.78 is 10.6. The van der Waals surface area contributed by atoms with Crippen LogP contribution in [-0.2, 0) is 9.47 Å². The van der Waals surface area contributed by atoms with E-state index in [2.05, 4.69) is 5.43 Å². The normalized spacial score (nSPS) is 24.5. The van der Waals surface area contributed by atoms with Crippen molar-refractivity contribution < 1.29 is 14.3 Å². The number of morpholine rings is 1. The molecular formula is C12H14N2O3. The van der Waals surface area contributed by atoms with Gasteiger partial charge in [-0.25, -0.2) is 15.2 Å². The fraction of sp³-hybridized carbons (Fsp3) is 0.417. The molecule has 1 atom stereocenters. The minimum Gasteiger partial charge on any atom is -0.437 e. The van der Waals surface area contributed by atoms with Gasteiger partial charge in [0.2, 0.25) is 0 Å². The van der Waals surface area contributed by atoms with E-state index >= 15 is 0 Å². The van der Waals surface area contributed by atoms with Crippen molar-refractivity contribution in [2.45, 2.75) is 6.23 Å². The molecular weight excluding hydrogens is 220 g/mol. The molecule has 5 nitrogen and oxygen atoms in total. The first-order chi connectivity index (χ1) is 8.34. The summed E-state index contributed by atoms with van der Waals surface area (Å²) in [5.41, 5.74) is 4.77. The van der Waals surface area contributed by atoms with E-state index in [4.69, 9.17) is 9.47 Å². The quantitative estimate of drug-likeness (QED) is 0.763. The Balaban J connectivity index is 1.75. The number of hydrogen-bond acceptors (Lipinski definition) is 5. The number of esters is 1. The minimum absolute atomic E-state index is 0.258. The SMILES string of the molecule is O=C1O[C@H](NN2CCOCC2)c2ccccc21. The van der Waals surface area contributed by atoms with E-state index in [1.54, 1.807) is 6.07 Å². The highest BCUT2D eigenvalue weighted by Crippen LogP contribution is 2.28. The monoisotopic (exact) mass is 234 g/mol. The van der Waals surface area contributed by atoms with Crippen molar-refractivity contribution in [2.24, 2.45) is 0 Å². The van der Waals surface area contributed by atoms with Gasteiger partial charge in [0, 0.05) is 18.7 Å². The van der Waals surface area contributed by atoms with E-state index in [1.807, 2.05) is 23.2 Å². The highest BCUT2D eigenvalue weighted by Gasteiger charge is 2.31. The standard InChI is InChI=1S/C12H14N2O3/c15-12-10-4-2-1-3-9(10)11(17-12)13-14-5-7-16-8-6-14/h1-4,11,13H,5-8H2/t11-/m0/s1. The number of nitrogens with one attached hydrogen (secondary N) is 1. The van der Waals surface area contributed by atoms with Crippen LogP contribution < -0.4 is 5.43 Å². The van der Waals surface area contributed by atoms with E-state index in [0.29, 0.717) is 18.8 Å². The predicted molar refractivity (Wildman–Crippen MR) is 60.1 cm³/mol. The smallest absolute Gasteiger partial charge is 0.340 e. The first-order valence-electron chi connectivity index (χ1n) is 5.73. The summed E-state index contributed by atoms with van der Waals surface area (Å²) in [5, 5.41) is 2.03. The van der Waals surface area contributed by atoms with Gasteiger partial charge in [0.05, 0.1) is 18.8 Å². The molecule has 0 bridgehead atoms. The van der Waals surface area contributed by atoms with E-state index in [0.717, 1.165) is 18.7 Å². The van der Waals surface area contributed by atoms with Crippen molar-refractivity contribution >= 4 is 5.97 Å². The van der Waals surface area contributed by atoms with Gasteiger partial charge in [0.15, 0.2) is 6.23 Å². The molecule has 0 radical (unpaired) electrons. The lowest BCUT2D eigenvalue weighted by atomic mass is 10.1. The molecule has 0 amide bonds. The van der Waals surface area contributed by atoms with Crippen LogP contribution in [0.4, 0.5) is 0 Å². The fourth-order valence-electron chi connectivity index (χ4n) is 2.10. The lowest BCUT2D eigenvalue weighted by molar-refractivity contribution is -0.0400. The van der Waals surface area contributed by atoms with Crippen LogP contribution in [0.25, 0.3) is 0 Å². The maximum Gasteiger partial charge on any atom is 0.340 e. The second-order valence-corrected chi connectivity index (χ2v) is 4.10. The zero-order valence-electron chi connectivity index (χ0n) is 9.39. The fourth-order valence-corrected chi connectivity index (χ4v) is 2.10. The molecule has 0 saturated carbocycles. The maximum absolute atomic E-state index is 11.6. The summed E-state index contributed by atoms with van der Waals surface area (Å²) in [6.07, 6.45) is -0.364. The van der Waals surface area contributed by atoms with Crippen LogP contribution in [0.1, 0.15) is 22.1 Å². The number of cyclic esters (lactones) is 1. The van der Waals surface area contributed by atoms with E-state index < -0.39 is 0 Å². The number of rotatable bonds is 2. The summed E-state index contributed by atoms with van der Waals surface area (Å²) in [7, 11) is 0. The topological polar surface area (TPSA) is 50.8 Å². The predicted octanol–water partition coefficient (Wildman–Crippen LogP) is 0.692. The lowest BCUT2D eigenvalue weighted by Gasteiger charge is -2.29. The molecule has 1 fully saturated rings. The van der Waals surface area contributed by atoms with Crippen LogP contribution in [0, 0.1) is 0 Å². The summed E-state index contributed by atoms with van der Waals surface area (Å²) in [5.74, 6) is -0.258. The Bertz CT molecular complexity index is 430. The summed E-state index contributed by atoms with van der Waals surface area (Å²) in [4.78, 5) is 11.6. The highest BCUT2D eigenvalue weighted by atomic mass is 16.6. The largest absolute Gasteiger partial charge is 0.437 e. The maximum atomic E-state index is 11.6. The van der Waals surface area contributed by atoms with Gasteiger partial charge in [-0.3, -0.25) is 0 Å². The third kappa shape index (κ3) is 2.04. The highest BCUT2D eigenvalue weighted by molar-refractivity contribution is 5.93. The Labute approximate surface area is 99.3 Å². The Morgan fingerprint density at radius 3 is 2.82 bits per heavy atom. The van der Waals surface area contributed by atoms with Crippen molar-refractivity contribution in [2.75, 3.05) is 26.3 Å². The van der Waals surface area contributed by atoms with Crippen LogP contribution in [0.15, 0.2) is 24.3 Å². The minimum atomic E-state index is -0.364. The third-order valence-corrected chi connectivity index (χ3v) is 3.00. The summed E-state index contributed by atoms with van der Waals surface area (Å²) in [6.45, 7) is 3.01. The van der Waals surface area contributed by atoms with Crippen molar-refractivity contribution in [3.05, 3.63) is 35.4 Å². The van der Waals surface area contributed by atoms with Gasteiger partial charge in [-0.15, -0.1) is 0 Å². The molecule has 3 rings (SSSR count). The first kappa shape index (κ1) is 10.7. The molecule has 0 spiro atoms. The average Bonchev–Trinajstić information content (AvgIpc) is 2.69. The zero-order chi connectivity index (χ0) is 11.7. The van der Waals surface area contributed by atoms with Crippen LogP contribution in [-0.4, -0.2) is 37.3 Å². The van der Waals surface area contributed by atoms with Gasteiger partial charge in [0.1, 0.15) is 0 Å². The molecule has 5 heteroatoms. The molecule has 17 heavy (non-hydrogen) atoms. The number of benzene rings is 1. The second-order valence-electron chi connectivity index (χ2n) is 4.10. The molecule has 0 aliphatic carbocycles. The van der Waals surface area contributed by atoms with Gasteiger partial charge in [-0.2, -0.15) is 0 Å². The van der Waals surface area contributed by atoms with Gasteiger partial charge < -0.3 is 9.47 Å². The molecule has 2 heterocycles. The zero-order valence-corrected chi connectivity index (χ0v) is 9.39. The molecule has 0 aromatic heterocycles. The Morgan fingerprint density at radius 2 is 2.00 bits per heavy atom. The van der Waals surface area contributed by atoms with Crippen LogP contribution in [0.3, 0.4) is 0 Å². The van der Waals surface area contributed by atoms with E-state index in [1.165, 1.54) is 0 Å². The number of hydrogen-bond donors (Lipinski definition) is 1. The van der Waals surface area contributed by atoms with Gasteiger partial charge in [0.25, 0.3) is 0 Å². The molecule has 90 valence electrons. The van der Waals surface area contributed by atoms with Gasteiger partial charge in [-0.1, -0.05) is 18.2 Å². The van der Waals surface area contributed by atoms with E-state index in [-0.39, 0.29) is 12.2 Å². The molecule has 1 aromatic carbocycles. The van der Waals surface area contributed by atoms with Crippen molar-refractivity contribution in [1.29, 1.82) is 0 Å². The molecule has 2 aliphatic heterocycles. The molecule has 1 N–H and O–H groups in total. The number of carbonyl (C=O) groups excluding carboxylic acids is 1.